The van der Waals surface area contributed by atoms with Crippen LogP contribution in [-0.2, 0) is 20.9 Å². The van der Waals surface area contributed by atoms with E-state index in [0.29, 0.717) is 13.1 Å². The summed E-state index contributed by atoms with van der Waals surface area (Å²) < 4.78 is 10.8. The largest absolute Gasteiger partial charge is 0.497 e. The number of carbonyl (C=O) groups excluding carboxylic acids is 2. The molecule has 1 aliphatic rings. The van der Waals surface area contributed by atoms with Crippen LogP contribution in [0.5, 0.6) is 5.75 Å². The lowest BCUT2D eigenvalue weighted by Gasteiger charge is -2.31. The van der Waals surface area contributed by atoms with Gasteiger partial charge in [0.25, 0.3) is 0 Å². The molecule has 0 unspecified atom stereocenters. The molecule has 0 radical (unpaired) electrons. The summed E-state index contributed by atoms with van der Waals surface area (Å²) in [5.74, 6) is 0.384. The summed E-state index contributed by atoms with van der Waals surface area (Å²) in [5.41, 5.74) is 1.70. The maximum Gasteiger partial charge on any atom is 0.247 e. The Balaban J connectivity index is 1.82. The molecule has 6 heteroatoms. The second kappa shape index (κ2) is 10.1. The molecule has 3 rings (SSSR count). The predicted molar refractivity (Wildman–Crippen MR) is 110 cm³/mol. The summed E-state index contributed by atoms with van der Waals surface area (Å²) in [4.78, 5) is 27.3. The number of ether oxygens (including phenoxy) is 2. The molecule has 1 heterocycles. The summed E-state index contributed by atoms with van der Waals surface area (Å²) in [6.07, 6.45) is 2.00. The van der Waals surface area contributed by atoms with E-state index in [-0.39, 0.29) is 17.9 Å². The summed E-state index contributed by atoms with van der Waals surface area (Å²) in [5, 5.41) is 2.98. The number of carbonyl (C=O) groups is 2. The van der Waals surface area contributed by atoms with Gasteiger partial charge in [0.15, 0.2) is 0 Å². The number of nitrogens with one attached hydrogen (secondary N) is 1. The van der Waals surface area contributed by atoms with Crippen LogP contribution in [0.4, 0.5) is 0 Å². The molecule has 1 aliphatic heterocycles. The van der Waals surface area contributed by atoms with E-state index in [4.69, 9.17) is 9.47 Å². The summed E-state index contributed by atoms with van der Waals surface area (Å²) in [6.45, 7) is 3.01. The van der Waals surface area contributed by atoms with E-state index < -0.39 is 6.04 Å². The van der Waals surface area contributed by atoms with Gasteiger partial charge in [-0.1, -0.05) is 42.5 Å². The van der Waals surface area contributed by atoms with Gasteiger partial charge in [-0.2, -0.15) is 0 Å². The third-order valence-corrected chi connectivity index (χ3v) is 5.12. The maximum absolute atomic E-state index is 13.2. The van der Waals surface area contributed by atoms with Crippen LogP contribution in [0.15, 0.2) is 54.6 Å². The van der Waals surface area contributed by atoms with Gasteiger partial charge in [0.1, 0.15) is 11.8 Å². The summed E-state index contributed by atoms with van der Waals surface area (Å²) in [6, 6.07) is 16.2. The minimum Gasteiger partial charge on any atom is -0.497 e. The van der Waals surface area contributed by atoms with Gasteiger partial charge in [0.2, 0.25) is 11.8 Å². The van der Waals surface area contributed by atoms with Crippen LogP contribution in [0.3, 0.4) is 0 Å². The second-order valence-electron chi connectivity index (χ2n) is 7.19. The molecule has 6 nitrogen and oxygen atoms in total. The summed E-state index contributed by atoms with van der Waals surface area (Å²) >= 11 is 0. The number of hydrogen-bond acceptors (Lipinski definition) is 4. The normalized spacial score (nSPS) is 16.8. The van der Waals surface area contributed by atoms with E-state index in [2.05, 4.69) is 5.32 Å². The highest BCUT2D eigenvalue weighted by Gasteiger charge is 2.30. The van der Waals surface area contributed by atoms with Crippen molar-refractivity contribution < 1.29 is 19.1 Å². The molecular formula is C23H28N2O4. The fourth-order valence-electron chi connectivity index (χ4n) is 3.54. The minimum atomic E-state index is -0.711. The van der Waals surface area contributed by atoms with E-state index >= 15 is 0 Å². The fraction of sp³-hybridized carbons (Fsp3) is 0.391. The van der Waals surface area contributed by atoms with Gasteiger partial charge in [-0.05, 0) is 36.1 Å². The minimum absolute atomic E-state index is 0.0442. The molecule has 0 aromatic heterocycles. The average Bonchev–Trinajstić information content (AvgIpc) is 3.26. The lowest BCUT2D eigenvalue weighted by molar-refractivity contribution is -0.140. The Bertz CT molecular complexity index is 801. The van der Waals surface area contributed by atoms with Crippen molar-refractivity contribution in [3.63, 3.8) is 0 Å². The van der Waals surface area contributed by atoms with E-state index in [1.54, 1.807) is 12.0 Å². The van der Waals surface area contributed by atoms with Crippen molar-refractivity contribution in [3.05, 3.63) is 65.7 Å². The Hall–Kier alpha value is -2.86. The van der Waals surface area contributed by atoms with E-state index in [0.717, 1.165) is 36.3 Å². The Morgan fingerprint density at radius 2 is 1.90 bits per heavy atom. The molecule has 0 spiro atoms. The number of methoxy groups -OCH3 is 1. The van der Waals surface area contributed by atoms with Crippen LogP contribution < -0.4 is 10.1 Å². The van der Waals surface area contributed by atoms with Gasteiger partial charge >= 0.3 is 0 Å². The van der Waals surface area contributed by atoms with Gasteiger partial charge < -0.3 is 19.7 Å². The molecule has 1 fully saturated rings. The van der Waals surface area contributed by atoms with Crippen molar-refractivity contribution >= 4 is 11.8 Å². The first-order valence-electron chi connectivity index (χ1n) is 9.93. The van der Waals surface area contributed by atoms with Crippen LogP contribution in [0.25, 0.3) is 0 Å². The Kier molecular flexibility index (Phi) is 7.25. The molecule has 2 aromatic carbocycles. The zero-order valence-electron chi connectivity index (χ0n) is 17.0. The zero-order valence-corrected chi connectivity index (χ0v) is 17.0. The molecule has 1 saturated heterocycles. The van der Waals surface area contributed by atoms with Gasteiger partial charge in [0, 0.05) is 26.6 Å². The van der Waals surface area contributed by atoms with Crippen LogP contribution in [-0.4, -0.2) is 43.1 Å². The lowest BCUT2D eigenvalue weighted by Crippen LogP contribution is -2.44. The Morgan fingerprint density at radius 3 is 2.48 bits per heavy atom. The van der Waals surface area contributed by atoms with Crippen molar-refractivity contribution in [2.45, 2.75) is 38.5 Å². The van der Waals surface area contributed by atoms with E-state index in [9.17, 15) is 9.59 Å². The van der Waals surface area contributed by atoms with Crippen LogP contribution in [0.2, 0.25) is 0 Å². The molecule has 0 bridgehead atoms. The summed E-state index contributed by atoms with van der Waals surface area (Å²) in [7, 11) is 1.61. The van der Waals surface area contributed by atoms with Gasteiger partial charge in [-0.3, -0.25) is 9.59 Å². The molecule has 2 aromatic rings. The molecule has 2 amide bonds. The molecule has 0 aliphatic carbocycles. The molecular weight excluding hydrogens is 368 g/mol. The van der Waals surface area contributed by atoms with E-state index in [1.165, 1.54) is 6.92 Å². The lowest BCUT2D eigenvalue weighted by atomic mass is 10.0. The van der Waals surface area contributed by atoms with Gasteiger partial charge in [0.05, 0.1) is 13.2 Å². The number of rotatable bonds is 8. The topological polar surface area (TPSA) is 67.9 Å². The monoisotopic (exact) mass is 396 g/mol. The van der Waals surface area contributed by atoms with E-state index in [1.807, 2.05) is 54.6 Å². The van der Waals surface area contributed by atoms with Crippen LogP contribution in [0, 0.1) is 0 Å². The predicted octanol–water partition coefficient (Wildman–Crippen LogP) is 3.08. The van der Waals surface area contributed by atoms with Crippen molar-refractivity contribution in [1.82, 2.24) is 10.2 Å². The smallest absolute Gasteiger partial charge is 0.247 e. The van der Waals surface area contributed by atoms with Crippen molar-refractivity contribution in [2.24, 2.45) is 0 Å². The second-order valence-corrected chi connectivity index (χ2v) is 7.19. The third kappa shape index (κ3) is 5.57. The highest BCUT2D eigenvalue weighted by molar-refractivity contribution is 5.88. The molecule has 1 N–H and O–H groups in total. The first-order chi connectivity index (χ1) is 14.1. The fourth-order valence-corrected chi connectivity index (χ4v) is 3.54. The molecule has 29 heavy (non-hydrogen) atoms. The maximum atomic E-state index is 13.2. The standard InChI is InChI=1S/C23H28N2O4/c1-17(26)25(16-18-10-12-20(28-2)13-11-18)22(19-7-4-3-5-8-19)23(27)24-15-21-9-6-14-29-21/h3-5,7-8,10-13,21-22H,6,9,14-16H2,1-2H3,(H,24,27)/t21-,22+/m0/s1. The quantitative estimate of drug-likeness (QED) is 0.745. The molecule has 154 valence electrons. The first-order valence-corrected chi connectivity index (χ1v) is 9.93. The number of nitrogens with zero attached hydrogens (tertiary/aromatic N) is 1. The average molecular weight is 396 g/mol. The number of hydrogen-bond donors (Lipinski definition) is 1. The first kappa shape index (κ1) is 20.9. The van der Waals surface area contributed by atoms with Crippen molar-refractivity contribution in [2.75, 3.05) is 20.3 Å². The third-order valence-electron chi connectivity index (χ3n) is 5.12. The number of amides is 2. The Morgan fingerprint density at radius 1 is 1.17 bits per heavy atom. The van der Waals surface area contributed by atoms with Crippen molar-refractivity contribution in [3.8, 4) is 5.75 Å². The zero-order chi connectivity index (χ0) is 20.6. The number of benzene rings is 2. The van der Waals surface area contributed by atoms with Crippen molar-refractivity contribution in [1.29, 1.82) is 0 Å². The van der Waals surface area contributed by atoms with Gasteiger partial charge in [-0.25, -0.2) is 0 Å². The van der Waals surface area contributed by atoms with Gasteiger partial charge in [-0.15, -0.1) is 0 Å². The Labute approximate surface area is 171 Å². The SMILES string of the molecule is COc1ccc(CN(C(C)=O)[C@@H](C(=O)NC[C@@H]2CCCO2)c2ccccc2)cc1. The molecule has 2 atom stereocenters. The highest BCUT2D eigenvalue weighted by atomic mass is 16.5. The van der Waals surface area contributed by atoms with Crippen LogP contribution >= 0.6 is 0 Å². The van der Waals surface area contributed by atoms with Crippen LogP contribution in [0.1, 0.15) is 36.9 Å². The highest BCUT2D eigenvalue weighted by Crippen LogP contribution is 2.25. The molecule has 0 saturated carbocycles.